The number of amides is 1. The Balaban J connectivity index is 2.42. The quantitative estimate of drug-likeness (QED) is 0.844. The second-order valence-electron chi connectivity index (χ2n) is 7.83. The molecule has 0 spiro atoms. The molecule has 1 aromatic rings. The lowest BCUT2D eigenvalue weighted by Crippen LogP contribution is -2.42. The summed E-state index contributed by atoms with van der Waals surface area (Å²) in [5.41, 5.74) is 0.650. The summed E-state index contributed by atoms with van der Waals surface area (Å²) in [5, 5.41) is 10.6. The van der Waals surface area contributed by atoms with Crippen molar-refractivity contribution in [2.24, 2.45) is 0 Å². The van der Waals surface area contributed by atoms with E-state index in [2.05, 4.69) is 49.6 Å². The highest BCUT2D eigenvalue weighted by Crippen LogP contribution is 2.13. The van der Waals surface area contributed by atoms with Crippen LogP contribution in [0.15, 0.2) is 12.4 Å². The van der Waals surface area contributed by atoms with Crippen LogP contribution >= 0.6 is 0 Å². The molecule has 2 N–H and O–H groups in total. The second kappa shape index (κ2) is 7.81. The molecule has 0 aliphatic carbocycles. The smallest absolute Gasteiger partial charge is 0.407 e. The van der Waals surface area contributed by atoms with E-state index in [1.165, 1.54) is 0 Å². The van der Waals surface area contributed by atoms with Gasteiger partial charge in [0, 0.05) is 30.9 Å². The fourth-order valence-corrected chi connectivity index (χ4v) is 1.96. The van der Waals surface area contributed by atoms with E-state index in [-0.39, 0.29) is 17.7 Å². The summed E-state index contributed by atoms with van der Waals surface area (Å²) in [6.07, 6.45) is 4.48. The molecule has 0 saturated heterocycles. The highest BCUT2D eigenvalue weighted by molar-refractivity contribution is 5.67. The predicted molar refractivity (Wildman–Crippen MR) is 92.4 cm³/mol. The zero-order valence-electron chi connectivity index (χ0n) is 15.6. The van der Waals surface area contributed by atoms with Gasteiger partial charge in [0.2, 0.25) is 0 Å². The third-order valence-corrected chi connectivity index (χ3v) is 3.30. The van der Waals surface area contributed by atoms with Crippen LogP contribution in [0.5, 0.6) is 0 Å². The van der Waals surface area contributed by atoms with Crippen molar-refractivity contribution >= 4 is 6.09 Å². The van der Waals surface area contributed by atoms with Crippen molar-refractivity contribution < 1.29 is 9.53 Å². The summed E-state index contributed by atoms with van der Waals surface area (Å²) in [5.74, 6) is 0. The van der Waals surface area contributed by atoms with Crippen molar-refractivity contribution in [3.8, 4) is 0 Å². The van der Waals surface area contributed by atoms with E-state index in [1.54, 1.807) is 0 Å². The Morgan fingerprint density at radius 1 is 1.30 bits per heavy atom. The summed E-state index contributed by atoms with van der Waals surface area (Å²) >= 11 is 0. The molecule has 1 heterocycles. The Morgan fingerprint density at radius 2 is 1.96 bits per heavy atom. The first-order chi connectivity index (χ1) is 10.5. The predicted octanol–water partition coefficient (Wildman–Crippen LogP) is 3.03. The van der Waals surface area contributed by atoms with Gasteiger partial charge in [-0.05, 0) is 48.0 Å². The average molecular weight is 324 g/mol. The van der Waals surface area contributed by atoms with Gasteiger partial charge < -0.3 is 15.4 Å². The van der Waals surface area contributed by atoms with Crippen LogP contribution in [0, 0.1) is 0 Å². The van der Waals surface area contributed by atoms with Gasteiger partial charge in [-0.15, -0.1) is 0 Å². The van der Waals surface area contributed by atoms with Gasteiger partial charge >= 0.3 is 6.09 Å². The number of nitrogens with one attached hydrogen (secondary N) is 2. The molecule has 1 rings (SSSR count). The molecule has 1 amide bonds. The average Bonchev–Trinajstić information content (AvgIpc) is 2.85. The molecule has 0 aliphatic rings. The fraction of sp³-hybridized carbons (Fsp3) is 0.765. The molecule has 0 aliphatic heterocycles. The number of carbonyl (C=O) groups is 1. The molecule has 0 radical (unpaired) electrons. The molecule has 132 valence electrons. The lowest BCUT2D eigenvalue weighted by Gasteiger charge is -2.22. The van der Waals surface area contributed by atoms with Crippen LogP contribution < -0.4 is 10.6 Å². The molecular formula is C17H32N4O2. The van der Waals surface area contributed by atoms with E-state index in [9.17, 15) is 4.79 Å². The molecule has 0 aromatic carbocycles. The molecule has 6 nitrogen and oxygen atoms in total. The largest absolute Gasteiger partial charge is 0.444 e. The monoisotopic (exact) mass is 324 g/mol. The third kappa shape index (κ3) is 7.50. The number of rotatable bonds is 6. The number of nitrogens with zero attached hydrogens (tertiary/aromatic N) is 2. The number of alkyl carbamates (subject to hydrolysis) is 1. The van der Waals surface area contributed by atoms with Crippen LogP contribution in [0.2, 0.25) is 0 Å². The lowest BCUT2D eigenvalue weighted by atomic mass is 10.1. The first-order valence-electron chi connectivity index (χ1n) is 8.25. The van der Waals surface area contributed by atoms with Crippen molar-refractivity contribution in [3.63, 3.8) is 0 Å². The van der Waals surface area contributed by atoms with E-state index in [0.717, 1.165) is 18.5 Å². The molecule has 1 unspecified atom stereocenters. The SMILES string of the molecule is CCC(CNC(=O)OC(C)(C)C)NCc1cnn(C(C)(C)C)c1. The maximum absolute atomic E-state index is 11.7. The first kappa shape index (κ1) is 19.5. The maximum atomic E-state index is 11.7. The summed E-state index contributed by atoms with van der Waals surface area (Å²) < 4.78 is 7.21. The zero-order chi connectivity index (χ0) is 17.7. The minimum absolute atomic E-state index is 0.0132. The standard InChI is InChI=1S/C17H32N4O2/c1-8-14(11-19-15(22)23-17(5,6)7)18-9-13-10-20-21(12-13)16(2,3)4/h10,12,14,18H,8-9,11H2,1-7H3,(H,19,22). The first-order valence-corrected chi connectivity index (χ1v) is 8.25. The third-order valence-electron chi connectivity index (χ3n) is 3.30. The van der Waals surface area contributed by atoms with Crippen LogP contribution in [0.25, 0.3) is 0 Å². The second-order valence-corrected chi connectivity index (χ2v) is 7.83. The van der Waals surface area contributed by atoms with Gasteiger partial charge in [0.25, 0.3) is 0 Å². The topological polar surface area (TPSA) is 68.2 Å². The summed E-state index contributed by atoms with van der Waals surface area (Å²) in [4.78, 5) is 11.7. The van der Waals surface area contributed by atoms with Crippen LogP contribution in [-0.2, 0) is 16.8 Å². The molecule has 0 fully saturated rings. The molecule has 1 aromatic heterocycles. The van der Waals surface area contributed by atoms with Crippen molar-refractivity contribution in [1.29, 1.82) is 0 Å². The van der Waals surface area contributed by atoms with Gasteiger partial charge in [-0.2, -0.15) is 5.10 Å². The Labute approximate surface area is 140 Å². The molecule has 6 heteroatoms. The molecule has 1 atom stereocenters. The van der Waals surface area contributed by atoms with E-state index in [1.807, 2.05) is 31.6 Å². The minimum atomic E-state index is -0.471. The number of hydrogen-bond acceptors (Lipinski definition) is 4. The van der Waals surface area contributed by atoms with Crippen LogP contribution in [-0.4, -0.2) is 34.1 Å². The minimum Gasteiger partial charge on any atom is -0.444 e. The van der Waals surface area contributed by atoms with Gasteiger partial charge in [-0.1, -0.05) is 6.92 Å². The molecule has 0 bridgehead atoms. The Kier molecular flexibility index (Phi) is 6.62. The summed E-state index contributed by atoms with van der Waals surface area (Å²) in [7, 11) is 0. The van der Waals surface area contributed by atoms with E-state index >= 15 is 0 Å². The van der Waals surface area contributed by atoms with E-state index < -0.39 is 5.60 Å². The van der Waals surface area contributed by atoms with Gasteiger partial charge in [0.05, 0.1) is 11.7 Å². The van der Waals surface area contributed by atoms with Gasteiger partial charge in [0.15, 0.2) is 0 Å². The fourth-order valence-electron chi connectivity index (χ4n) is 1.96. The number of ether oxygens (including phenoxy) is 1. The summed E-state index contributed by atoms with van der Waals surface area (Å²) in [6, 6.07) is 0.195. The highest BCUT2D eigenvalue weighted by Gasteiger charge is 2.17. The molecular weight excluding hydrogens is 292 g/mol. The lowest BCUT2D eigenvalue weighted by molar-refractivity contribution is 0.0522. The van der Waals surface area contributed by atoms with Crippen molar-refractivity contribution in [2.45, 2.75) is 78.6 Å². The number of carbonyl (C=O) groups excluding carboxylic acids is 1. The zero-order valence-corrected chi connectivity index (χ0v) is 15.6. The highest BCUT2D eigenvalue weighted by atomic mass is 16.6. The van der Waals surface area contributed by atoms with Gasteiger partial charge in [-0.3, -0.25) is 4.68 Å². The Morgan fingerprint density at radius 3 is 2.43 bits per heavy atom. The number of aromatic nitrogens is 2. The van der Waals surface area contributed by atoms with E-state index in [0.29, 0.717) is 6.54 Å². The van der Waals surface area contributed by atoms with Crippen LogP contribution in [0.4, 0.5) is 4.79 Å². The van der Waals surface area contributed by atoms with Crippen molar-refractivity contribution in [3.05, 3.63) is 18.0 Å². The van der Waals surface area contributed by atoms with E-state index in [4.69, 9.17) is 4.74 Å². The normalized spacial score (nSPS) is 13.7. The van der Waals surface area contributed by atoms with Crippen LogP contribution in [0.1, 0.15) is 60.5 Å². The maximum Gasteiger partial charge on any atom is 0.407 e. The van der Waals surface area contributed by atoms with Gasteiger partial charge in [0.1, 0.15) is 5.60 Å². The summed E-state index contributed by atoms with van der Waals surface area (Å²) in [6.45, 7) is 15.3. The van der Waals surface area contributed by atoms with Crippen molar-refractivity contribution in [2.75, 3.05) is 6.54 Å². The Bertz CT molecular complexity index is 497. The Hall–Kier alpha value is -1.56. The van der Waals surface area contributed by atoms with Crippen LogP contribution in [0.3, 0.4) is 0 Å². The van der Waals surface area contributed by atoms with Crippen molar-refractivity contribution in [1.82, 2.24) is 20.4 Å². The number of hydrogen-bond donors (Lipinski definition) is 2. The van der Waals surface area contributed by atoms with Gasteiger partial charge in [-0.25, -0.2) is 4.79 Å². The molecule has 0 saturated carbocycles. The molecule has 23 heavy (non-hydrogen) atoms.